The zero-order valence-electron chi connectivity index (χ0n) is 21.8. The summed E-state index contributed by atoms with van der Waals surface area (Å²) in [7, 11) is 0. The number of aryl methyl sites for hydroxylation is 4. The minimum atomic E-state index is 0.00778. The summed E-state index contributed by atoms with van der Waals surface area (Å²) in [5, 5.41) is 14.4. The molecule has 0 aliphatic carbocycles. The van der Waals surface area contributed by atoms with Crippen molar-refractivity contribution in [3.05, 3.63) is 105 Å². The normalized spacial score (nSPS) is 11.2. The lowest BCUT2D eigenvalue weighted by atomic mass is 9.98. The fourth-order valence-electron chi connectivity index (χ4n) is 5.15. The van der Waals surface area contributed by atoms with Crippen LogP contribution >= 0.6 is 0 Å². The molecular formula is C30H32N6O. The predicted octanol–water partition coefficient (Wildman–Crippen LogP) is 5.80. The van der Waals surface area contributed by atoms with Gasteiger partial charge in [0.2, 0.25) is 0 Å². The van der Waals surface area contributed by atoms with Crippen LogP contribution < -0.4 is 5.69 Å². The second-order valence-electron chi connectivity index (χ2n) is 9.70. The van der Waals surface area contributed by atoms with E-state index >= 15 is 0 Å². The topological polar surface area (TPSA) is 81.4 Å². The molecule has 7 heteroatoms. The Kier molecular flexibility index (Phi) is 6.86. The fourth-order valence-corrected chi connectivity index (χ4v) is 5.15. The monoisotopic (exact) mass is 492 g/mol. The number of imidazole rings is 1. The fraction of sp³-hybridized carbons (Fsp3) is 0.267. The van der Waals surface area contributed by atoms with Crippen LogP contribution in [0.1, 0.15) is 47.7 Å². The number of tetrazole rings is 1. The molecule has 37 heavy (non-hydrogen) atoms. The van der Waals surface area contributed by atoms with Crippen molar-refractivity contribution < 1.29 is 0 Å². The molecule has 0 atom stereocenters. The van der Waals surface area contributed by atoms with E-state index in [1.165, 1.54) is 5.56 Å². The van der Waals surface area contributed by atoms with Crippen LogP contribution in [0.25, 0.3) is 28.2 Å². The quantitative estimate of drug-likeness (QED) is 0.297. The molecule has 0 amide bonds. The molecule has 188 valence electrons. The largest absolute Gasteiger partial charge is 0.333 e. The molecule has 0 spiro atoms. The van der Waals surface area contributed by atoms with Gasteiger partial charge in [0.05, 0.1) is 12.2 Å². The molecule has 5 aromatic rings. The first-order valence-corrected chi connectivity index (χ1v) is 12.8. The van der Waals surface area contributed by atoms with Gasteiger partial charge in [-0.25, -0.2) is 9.89 Å². The molecule has 0 bridgehead atoms. The van der Waals surface area contributed by atoms with Crippen LogP contribution in [0, 0.1) is 20.8 Å². The summed E-state index contributed by atoms with van der Waals surface area (Å²) in [6, 6.07) is 20.7. The van der Waals surface area contributed by atoms with Crippen LogP contribution in [0.15, 0.2) is 71.7 Å². The minimum absolute atomic E-state index is 0.00778. The van der Waals surface area contributed by atoms with E-state index in [9.17, 15) is 4.79 Å². The van der Waals surface area contributed by atoms with Crippen molar-refractivity contribution >= 4 is 0 Å². The molecule has 3 aromatic carbocycles. The van der Waals surface area contributed by atoms with Gasteiger partial charge < -0.3 is 0 Å². The number of H-pyrrole nitrogens is 1. The molecule has 0 saturated heterocycles. The molecule has 0 aliphatic rings. The number of hydrogen-bond acceptors (Lipinski definition) is 4. The average molecular weight is 493 g/mol. The number of nitrogens with one attached hydrogen (secondary N) is 1. The van der Waals surface area contributed by atoms with E-state index in [4.69, 9.17) is 0 Å². The summed E-state index contributed by atoms with van der Waals surface area (Å²) in [5.41, 5.74) is 9.64. The van der Waals surface area contributed by atoms with Gasteiger partial charge in [-0.1, -0.05) is 79.6 Å². The number of nitrogens with zero attached hydrogens (tertiary/aromatic N) is 5. The third kappa shape index (κ3) is 4.89. The van der Waals surface area contributed by atoms with Gasteiger partial charge in [-0.15, -0.1) is 5.10 Å². The van der Waals surface area contributed by atoms with Crippen molar-refractivity contribution in [2.24, 2.45) is 0 Å². The molecule has 7 nitrogen and oxygen atoms in total. The summed E-state index contributed by atoms with van der Waals surface area (Å²) in [5.74, 6) is 0.634. The third-order valence-electron chi connectivity index (χ3n) is 6.86. The highest BCUT2D eigenvalue weighted by Gasteiger charge is 2.16. The zero-order valence-corrected chi connectivity index (χ0v) is 21.8. The first kappa shape index (κ1) is 24.4. The lowest BCUT2D eigenvalue weighted by molar-refractivity contribution is 0.673. The van der Waals surface area contributed by atoms with Crippen molar-refractivity contribution in [3.63, 3.8) is 0 Å². The van der Waals surface area contributed by atoms with Gasteiger partial charge in [-0.3, -0.25) is 9.13 Å². The second-order valence-corrected chi connectivity index (χ2v) is 9.70. The van der Waals surface area contributed by atoms with Gasteiger partial charge in [-0.05, 0) is 71.9 Å². The van der Waals surface area contributed by atoms with Crippen molar-refractivity contribution in [2.45, 2.75) is 53.5 Å². The third-order valence-corrected chi connectivity index (χ3v) is 6.86. The van der Waals surface area contributed by atoms with Crippen molar-refractivity contribution in [2.75, 3.05) is 0 Å². The van der Waals surface area contributed by atoms with Crippen LogP contribution in [0.5, 0.6) is 0 Å². The summed E-state index contributed by atoms with van der Waals surface area (Å²) < 4.78 is 3.77. The Hall–Kier alpha value is -4.26. The van der Waals surface area contributed by atoms with E-state index in [2.05, 4.69) is 90.8 Å². The van der Waals surface area contributed by atoms with Gasteiger partial charge in [0.25, 0.3) is 0 Å². The first-order chi connectivity index (χ1) is 18.0. The van der Waals surface area contributed by atoms with E-state index in [-0.39, 0.29) is 5.69 Å². The van der Waals surface area contributed by atoms with Crippen LogP contribution in [0.3, 0.4) is 0 Å². The highest BCUT2D eigenvalue weighted by atomic mass is 16.1. The SMILES string of the molecule is CCCCc1cn(-c2c(C)cc(C)cc2C)c(=O)n1Cc1ccc(-c2ccccc2-c2nnn[nH]2)cc1. The predicted molar refractivity (Wildman–Crippen MR) is 147 cm³/mol. The summed E-state index contributed by atoms with van der Waals surface area (Å²) >= 11 is 0. The molecule has 2 heterocycles. The van der Waals surface area contributed by atoms with Crippen LogP contribution in [-0.2, 0) is 13.0 Å². The molecule has 0 saturated carbocycles. The second kappa shape index (κ2) is 10.4. The molecule has 1 N–H and O–H groups in total. The maximum atomic E-state index is 13.7. The highest BCUT2D eigenvalue weighted by molar-refractivity contribution is 5.80. The van der Waals surface area contributed by atoms with Crippen LogP contribution in [0.2, 0.25) is 0 Å². The van der Waals surface area contributed by atoms with Crippen molar-refractivity contribution in [3.8, 4) is 28.2 Å². The Labute approximate surface area is 216 Å². The number of benzene rings is 3. The smallest absolute Gasteiger partial charge is 0.292 e. The number of rotatable bonds is 8. The minimum Gasteiger partial charge on any atom is -0.292 e. The first-order valence-electron chi connectivity index (χ1n) is 12.8. The van der Waals surface area contributed by atoms with E-state index in [1.54, 1.807) is 0 Å². The maximum absolute atomic E-state index is 13.7. The van der Waals surface area contributed by atoms with Gasteiger partial charge in [0.1, 0.15) is 0 Å². The van der Waals surface area contributed by atoms with Gasteiger partial charge in [0, 0.05) is 17.5 Å². The number of aromatic amines is 1. The lowest BCUT2D eigenvalue weighted by Crippen LogP contribution is -2.25. The maximum Gasteiger partial charge on any atom is 0.333 e. The molecular weight excluding hydrogens is 460 g/mol. The Morgan fingerprint density at radius 3 is 2.27 bits per heavy atom. The van der Waals surface area contributed by atoms with Crippen molar-refractivity contribution in [1.29, 1.82) is 0 Å². The van der Waals surface area contributed by atoms with Crippen molar-refractivity contribution in [1.82, 2.24) is 29.8 Å². The number of unbranched alkanes of at least 4 members (excludes halogenated alkanes) is 1. The van der Waals surface area contributed by atoms with Crippen LogP contribution in [0.4, 0.5) is 0 Å². The Morgan fingerprint density at radius 2 is 1.62 bits per heavy atom. The van der Waals surface area contributed by atoms with Gasteiger partial charge >= 0.3 is 5.69 Å². The molecule has 5 rings (SSSR count). The molecule has 0 fully saturated rings. The highest BCUT2D eigenvalue weighted by Crippen LogP contribution is 2.30. The molecule has 0 unspecified atom stereocenters. The number of aromatic nitrogens is 6. The van der Waals surface area contributed by atoms with E-state index < -0.39 is 0 Å². The van der Waals surface area contributed by atoms with Gasteiger partial charge in [-0.2, -0.15) is 0 Å². The Morgan fingerprint density at radius 1 is 0.919 bits per heavy atom. The summed E-state index contributed by atoms with van der Waals surface area (Å²) in [4.78, 5) is 13.7. The number of hydrogen-bond donors (Lipinski definition) is 1. The molecule has 0 aliphatic heterocycles. The van der Waals surface area contributed by atoms with E-state index in [0.717, 1.165) is 64.0 Å². The summed E-state index contributed by atoms with van der Waals surface area (Å²) in [6.07, 6.45) is 5.04. The Bertz CT molecular complexity index is 1550. The molecule has 0 radical (unpaired) electrons. The van der Waals surface area contributed by atoms with Gasteiger partial charge in [0.15, 0.2) is 5.82 Å². The standard InChI is InChI=1S/C30H32N6O/c1-5-6-9-25-19-36(28-21(3)16-20(2)17-22(28)4)30(37)35(25)18-23-12-14-24(15-13-23)26-10-7-8-11-27(26)29-31-33-34-32-29/h7-8,10-17,19H,5-6,9,18H2,1-4H3,(H,31,32,33,34). The van der Waals surface area contributed by atoms with E-state index in [1.807, 2.05) is 33.5 Å². The summed E-state index contributed by atoms with van der Waals surface area (Å²) in [6.45, 7) is 8.96. The van der Waals surface area contributed by atoms with E-state index in [0.29, 0.717) is 12.4 Å². The average Bonchev–Trinajstić information content (AvgIpc) is 3.52. The molecule has 2 aromatic heterocycles. The Balaban J connectivity index is 1.50. The van der Waals surface area contributed by atoms with Crippen LogP contribution in [-0.4, -0.2) is 29.8 Å². The zero-order chi connectivity index (χ0) is 25.9. The lowest BCUT2D eigenvalue weighted by Gasteiger charge is -2.11.